The van der Waals surface area contributed by atoms with Crippen LogP contribution in [0.25, 0.3) is 0 Å². The maximum absolute atomic E-state index is 14.1. The topological polar surface area (TPSA) is 352 Å². The van der Waals surface area contributed by atoms with E-state index in [1.54, 1.807) is 55.1 Å². The number of aliphatic hydroxyl groups is 1. The molecule has 10 rings (SSSR count). The number of carboxylic acids is 1. The number of aromatic hydroxyl groups is 3. The highest BCUT2D eigenvalue weighted by molar-refractivity contribution is 6.32. The molecule has 2 aliphatic heterocycles. The van der Waals surface area contributed by atoms with Crippen LogP contribution in [0.4, 0.5) is 17.6 Å². The van der Waals surface area contributed by atoms with E-state index in [1.807, 2.05) is 66.7 Å². The van der Waals surface area contributed by atoms with Crippen LogP contribution in [0, 0.1) is 23.3 Å². The van der Waals surface area contributed by atoms with Gasteiger partial charge in [-0.05, 0) is 107 Å². The van der Waals surface area contributed by atoms with E-state index in [1.165, 1.54) is 58.2 Å². The van der Waals surface area contributed by atoms with Gasteiger partial charge in [0, 0.05) is 95.0 Å². The van der Waals surface area contributed by atoms with Gasteiger partial charge in [-0.15, -0.1) is 0 Å². The molecule has 8 aromatic carbocycles. The lowest BCUT2D eigenvalue weighted by molar-refractivity contribution is -0.131. The van der Waals surface area contributed by atoms with Crippen molar-refractivity contribution in [3.05, 3.63) is 229 Å². The Kier molecular flexibility index (Phi) is 31.4. The lowest BCUT2D eigenvalue weighted by Gasteiger charge is -2.22. The summed E-state index contributed by atoms with van der Waals surface area (Å²) < 4.78 is 87.2. The van der Waals surface area contributed by atoms with Gasteiger partial charge < -0.3 is 54.0 Å². The fraction of sp³-hybridized carbons (Fsp3) is 0.264. The Hall–Kier alpha value is -10.5. The number of phenolic OH excluding ortho intramolecular Hbond substituents is 3. The van der Waals surface area contributed by atoms with Crippen molar-refractivity contribution in [1.29, 1.82) is 0 Å². The van der Waals surface area contributed by atoms with Crippen LogP contribution >= 0.6 is 23.2 Å². The third-order valence-corrected chi connectivity index (χ3v) is 16.3. The average molecular weight is 1490 g/mol. The van der Waals surface area contributed by atoms with Crippen molar-refractivity contribution in [1.82, 2.24) is 36.0 Å². The molecule has 0 unspecified atom stereocenters. The van der Waals surface area contributed by atoms with Crippen molar-refractivity contribution >= 4 is 52.7 Å². The van der Waals surface area contributed by atoms with Crippen molar-refractivity contribution in [2.45, 2.75) is 65.2 Å². The minimum Gasteiger partial charge on any atom is -0.504 e. The molecule has 0 bridgehead atoms. The number of ether oxygens (including phenoxy) is 6. The van der Waals surface area contributed by atoms with Crippen LogP contribution in [0.2, 0.25) is 10.0 Å². The number of carbonyl (C=O) groups excluding carboxylic acids is 4. The Morgan fingerprint density at radius 3 is 1.27 bits per heavy atom. The first-order valence-corrected chi connectivity index (χ1v) is 32.3. The second-order valence-electron chi connectivity index (χ2n) is 23.2. The number of rotatable bonds is 30. The first kappa shape index (κ1) is 80.8. The minimum atomic E-state index is -1.08. The molecular formula is C72H75Cl2F4N7O19. The van der Waals surface area contributed by atoms with Crippen LogP contribution < -0.4 is 44.9 Å². The van der Waals surface area contributed by atoms with Crippen LogP contribution in [0.15, 0.2) is 146 Å². The number of hydroxylamine groups is 3. The Labute approximate surface area is 603 Å². The number of Topliss-reactive ketones (excluding diaryl/α,β-unsaturated/α-hetero) is 1. The molecule has 11 N–H and O–H groups in total. The predicted octanol–water partition coefficient (Wildman–Crippen LogP) is 9.77. The number of methoxy groups -OCH3 is 2. The summed E-state index contributed by atoms with van der Waals surface area (Å²) in [4.78, 5) is 64.0. The summed E-state index contributed by atoms with van der Waals surface area (Å²) in [7, 11) is 3.15. The lowest BCUT2D eigenvalue weighted by atomic mass is 10.1. The number of phenols is 3. The van der Waals surface area contributed by atoms with Crippen molar-refractivity contribution in [2.24, 2.45) is 0 Å². The van der Waals surface area contributed by atoms with Crippen molar-refractivity contribution < 1.29 is 111 Å². The summed E-state index contributed by atoms with van der Waals surface area (Å²) in [6.45, 7) is 2.41. The van der Waals surface area contributed by atoms with Gasteiger partial charge in [-0.3, -0.25) is 54.4 Å². The molecule has 0 spiro atoms. The van der Waals surface area contributed by atoms with Gasteiger partial charge >= 0.3 is 5.97 Å². The van der Waals surface area contributed by atoms with Gasteiger partial charge in [0.25, 0.3) is 11.8 Å². The number of aromatic carboxylic acids is 1. The Morgan fingerprint density at radius 1 is 0.452 bits per heavy atom. The summed E-state index contributed by atoms with van der Waals surface area (Å²) in [5.41, 5.74) is 9.69. The third-order valence-electron chi connectivity index (χ3n) is 15.7. The SMILES string of the molecule is COc1ccc(CN(CC(=O)NO)Cc2ccc(F)c(O)c2F)cc1.COc1ccc(CN(CCC(=O)CO)Cc2cccc(C(=O)O)c2)cc1.O=C(CCN(Cc1ccc2c(c1)OCO2)Cc1ccc2c(c1)OCO2)NO.O=C(CN(Cc1ccc(Cl)c(O)c1F)Cc1ccc(Cl)c(O)c1F)NO. The molecule has 8 aromatic rings. The molecule has 3 amide bonds. The zero-order chi connectivity index (χ0) is 75.4. The Balaban J connectivity index is 0.000000194. The number of carboxylic acid groups (broad SMARTS) is 1. The number of ketones is 1. The van der Waals surface area contributed by atoms with Gasteiger partial charge in [-0.2, -0.15) is 0 Å². The van der Waals surface area contributed by atoms with E-state index in [-0.39, 0.29) is 97.2 Å². The summed E-state index contributed by atoms with van der Waals surface area (Å²) in [6.07, 6.45) is 0.427. The number of aliphatic hydroxyl groups excluding tert-OH is 1. The molecule has 554 valence electrons. The normalized spacial score (nSPS) is 11.6. The summed E-state index contributed by atoms with van der Waals surface area (Å²) in [5.74, 6) is -5.40. The molecule has 0 aliphatic carbocycles. The van der Waals surface area contributed by atoms with Crippen molar-refractivity contribution in [2.75, 3.05) is 60.6 Å². The second-order valence-corrected chi connectivity index (χ2v) is 24.0. The number of carbonyl (C=O) groups is 5. The van der Waals surface area contributed by atoms with Crippen molar-refractivity contribution in [3.63, 3.8) is 0 Å². The van der Waals surface area contributed by atoms with E-state index in [0.29, 0.717) is 45.0 Å². The fourth-order valence-corrected chi connectivity index (χ4v) is 10.7. The Morgan fingerprint density at radius 2 is 0.837 bits per heavy atom. The van der Waals surface area contributed by atoms with Crippen LogP contribution in [0.5, 0.6) is 51.7 Å². The summed E-state index contributed by atoms with van der Waals surface area (Å²) in [5, 5.41) is 72.4. The van der Waals surface area contributed by atoms with Gasteiger partial charge in [0.05, 0.1) is 42.9 Å². The molecule has 0 radical (unpaired) electrons. The number of hydrogen-bond acceptors (Lipinski definition) is 22. The summed E-state index contributed by atoms with van der Waals surface area (Å²) >= 11 is 11.2. The number of fused-ring (bicyclic) bond motifs is 2. The standard InChI is InChI=1S/C20H23NO5.C19H20N2O6.C17H18F2N2O4.C16H14Cl2F2N2O4/c1-26-19-7-5-15(6-8-19)12-21(10-9-18(23)14-22)13-16-3-2-4-17(11-16)20(24)25;22-19(20-23)5-6-21(9-13-1-3-15-17(7-13)26-11-24-15)10-14-2-4-16-18(8-14)27-12-25-16;1-25-13-5-2-11(3-6-13)8-21(10-15(22)20-24)9-12-4-7-14(18)17(23)16(12)19;17-10-3-1-8(13(19)15(10)24)5-22(7-12(23)21-26)6-9-2-4-11(18)16(25)14(9)20/h2-8,11,22H,9-10,12-14H2,1H3,(H,24,25);1-4,7-8,23H,5-6,9-12H2,(H,20,22);2-7,23-24H,8-10H2,1H3,(H,20,22);1-4,24-26H,5-7H2,(H,21,23). The molecule has 26 nitrogen and oxygen atoms in total. The summed E-state index contributed by atoms with van der Waals surface area (Å²) in [6, 6.07) is 40.4. The van der Waals surface area contributed by atoms with Crippen LogP contribution in [-0.4, -0.2) is 151 Å². The number of benzene rings is 8. The molecule has 0 aromatic heterocycles. The number of nitrogens with one attached hydrogen (secondary N) is 3. The molecule has 2 aliphatic rings. The first-order valence-electron chi connectivity index (χ1n) is 31.5. The fourth-order valence-electron chi connectivity index (χ4n) is 10.4. The van der Waals surface area contributed by atoms with Gasteiger partial charge in [-0.25, -0.2) is 38.8 Å². The van der Waals surface area contributed by atoms with Crippen molar-refractivity contribution in [3.8, 4) is 51.7 Å². The molecule has 0 atom stereocenters. The average Bonchev–Trinajstić information content (AvgIpc) is 1.58. The lowest BCUT2D eigenvalue weighted by Crippen LogP contribution is -2.35. The zero-order valence-corrected chi connectivity index (χ0v) is 57.5. The van der Waals surface area contributed by atoms with Gasteiger partial charge in [0.2, 0.25) is 19.5 Å². The quantitative estimate of drug-likeness (QED) is 0.0113. The van der Waals surface area contributed by atoms with E-state index in [4.69, 9.17) is 77.5 Å². The van der Waals surface area contributed by atoms with E-state index < -0.39 is 77.4 Å². The largest absolute Gasteiger partial charge is 0.504 e. The number of halogens is 6. The highest BCUT2D eigenvalue weighted by Gasteiger charge is 2.24. The highest BCUT2D eigenvalue weighted by Crippen LogP contribution is 2.36. The van der Waals surface area contributed by atoms with Gasteiger partial charge in [0.1, 0.15) is 18.1 Å². The van der Waals surface area contributed by atoms with E-state index in [0.717, 1.165) is 62.6 Å². The van der Waals surface area contributed by atoms with E-state index in [2.05, 4.69) is 9.80 Å². The number of amides is 3. The molecule has 0 saturated heterocycles. The molecular weight excluding hydrogens is 1410 g/mol. The maximum atomic E-state index is 14.1. The number of hydrogen-bond donors (Lipinski definition) is 11. The minimum absolute atomic E-state index is 0.00349. The van der Waals surface area contributed by atoms with Crippen LogP contribution in [0.1, 0.15) is 67.7 Å². The predicted molar refractivity (Wildman–Crippen MR) is 366 cm³/mol. The van der Waals surface area contributed by atoms with E-state index >= 15 is 0 Å². The Bertz CT molecular complexity index is 4110. The molecule has 104 heavy (non-hydrogen) atoms. The highest BCUT2D eigenvalue weighted by atomic mass is 35.5. The molecule has 0 saturated carbocycles. The van der Waals surface area contributed by atoms with E-state index in [9.17, 15) is 56.9 Å². The number of nitrogens with zero attached hydrogens (tertiary/aromatic N) is 4. The zero-order valence-electron chi connectivity index (χ0n) is 56.0. The second kappa shape index (κ2) is 40.4. The molecule has 0 fully saturated rings. The van der Waals surface area contributed by atoms with Gasteiger partial charge in [0.15, 0.2) is 69.3 Å². The van der Waals surface area contributed by atoms with Crippen LogP contribution in [-0.2, 0) is 71.5 Å². The van der Waals surface area contributed by atoms with Gasteiger partial charge in [-0.1, -0.05) is 89.9 Å². The maximum Gasteiger partial charge on any atom is 0.335 e. The van der Waals surface area contributed by atoms with Crippen LogP contribution in [0.3, 0.4) is 0 Å². The molecule has 32 heteroatoms. The third kappa shape index (κ3) is 24.6. The smallest absolute Gasteiger partial charge is 0.335 e. The molecule has 2 heterocycles. The monoisotopic (exact) mass is 1490 g/mol. The first-order chi connectivity index (χ1) is 49.9.